The molecule has 0 radical (unpaired) electrons. The van der Waals surface area contributed by atoms with E-state index < -0.39 is 17.5 Å². The molecule has 1 aromatic heterocycles. The first-order valence-electron chi connectivity index (χ1n) is 10.9. The van der Waals surface area contributed by atoms with Crippen LogP contribution in [-0.4, -0.2) is 53.5 Å². The van der Waals surface area contributed by atoms with E-state index in [9.17, 15) is 9.59 Å². The molecule has 1 aromatic carbocycles. The molecular formula is C24H35ClN4O3S. The van der Waals surface area contributed by atoms with Crippen LogP contribution in [0.15, 0.2) is 29.8 Å². The first kappa shape index (κ1) is 27.2. The minimum absolute atomic E-state index is 0. The van der Waals surface area contributed by atoms with Gasteiger partial charge in [-0.3, -0.25) is 9.59 Å². The molecular weight excluding hydrogens is 460 g/mol. The molecule has 2 unspecified atom stereocenters. The Bertz CT molecular complexity index is 957. The molecule has 0 aliphatic carbocycles. The van der Waals surface area contributed by atoms with Crippen LogP contribution >= 0.6 is 23.7 Å². The van der Waals surface area contributed by atoms with E-state index in [1.54, 1.807) is 23.3 Å². The monoisotopic (exact) mass is 494 g/mol. The molecule has 182 valence electrons. The number of halogens is 1. The van der Waals surface area contributed by atoms with Crippen LogP contribution in [0.1, 0.15) is 51.4 Å². The Kier molecular flexibility index (Phi) is 9.04. The van der Waals surface area contributed by atoms with Gasteiger partial charge in [0, 0.05) is 20.1 Å². The quantitative estimate of drug-likeness (QED) is 0.638. The highest BCUT2D eigenvalue weighted by atomic mass is 35.5. The molecule has 1 fully saturated rings. The van der Waals surface area contributed by atoms with Crippen molar-refractivity contribution >= 4 is 35.6 Å². The van der Waals surface area contributed by atoms with Crippen LogP contribution in [0, 0.1) is 12.3 Å². The number of rotatable bonds is 6. The molecule has 9 heteroatoms. The van der Waals surface area contributed by atoms with Crippen LogP contribution < -0.4 is 11.1 Å². The van der Waals surface area contributed by atoms with Crippen LogP contribution in [-0.2, 0) is 14.3 Å². The summed E-state index contributed by atoms with van der Waals surface area (Å²) in [6, 6.07) is 6.65. The average Bonchev–Trinajstić information content (AvgIpc) is 3.38. The number of hydrogen-bond donors (Lipinski definition) is 2. The topological polar surface area (TPSA) is 97.5 Å². The van der Waals surface area contributed by atoms with E-state index >= 15 is 0 Å². The number of likely N-dealkylation sites (tertiary alicyclic amines) is 1. The molecule has 0 bridgehead atoms. The van der Waals surface area contributed by atoms with Crippen molar-refractivity contribution in [3.63, 3.8) is 0 Å². The first-order chi connectivity index (χ1) is 15.0. The maximum Gasteiger partial charge on any atom is 0.243 e. The molecule has 1 aliphatic rings. The number of aryl methyl sites for hydroxylation is 1. The minimum Gasteiger partial charge on any atom is -0.380 e. The molecule has 1 saturated heterocycles. The second-order valence-electron chi connectivity index (χ2n) is 9.56. The van der Waals surface area contributed by atoms with Gasteiger partial charge in [0.2, 0.25) is 11.8 Å². The molecule has 7 nitrogen and oxygen atoms in total. The highest BCUT2D eigenvalue weighted by Gasteiger charge is 2.43. The van der Waals surface area contributed by atoms with Crippen molar-refractivity contribution in [2.75, 3.05) is 13.7 Å². The zero-order valence-electron chi connectivity index (χ0n) is 20.1. The van der Waals surface area contributed by atoms with Gasteiger partial charge >= 0.3 is 0 Å². The third-order valence-electron chi connectivity index (χ3n) is 6.16. The Morgan fingerprint density at radius 2 is 1.91 bits per heavy atom. The van der Waals surface area contributed by atoms with Crippen LogP contribution in [0.3, 0.4) is 0 Å². The largest absolute Gasteiger partial charge is 0.380 e. The number of carbonyl (C=O) groups is 2. The second kappa shape index (κ2) is 11.0. The summed E-state index contributed by atoms with van der Waals surface area (Å²) in [5, 5.41) is 3.07. The maximum absolute atomic E-state index is 13.2. The van der Waals surface area contributed by atoms with Crippen molar-refractivity contribution < 1.29 is 14.3 Å². The number of aromatic nitrogens is 1. The third kappa shape index (κ3) is 6.12. The molecule has 1 aliphatic heterocycles. The molecule has 2 heterocycles. The number of benzene rings is 1. The maximum atomic E-state index is 13.2. The lowest BCUT2D eigenvalue weighted by Gasteiger charge is -2.32. The zero-order valence-corrected chi connectivity index (χ0v) is 21.8. The fraction of sp³-hybridized carbons (Fsp3) is 0.542. The zero-order chi connectivity index (χ0) is 23.6. The molecule has 2 amide bonds. The number of nitrogens with zero attached hydrogens (tertiary/aromatic N) is 2. The summed E-state index contributed by atoms with van der Waals surface area (Å²) in [5.74, 6) is -0.400. The van der Waals surface area contributed by atoms with Gasteiger partial charge in [0.25, 0.3) is 0 Å². The van der Waals surface area contributed by atoms with Gasteiger partial charge in [-0.15, -0.1) is 23.7 Å². The van der Waals surface area contributed by atoms with Crippen molar-refractivity contribution in [3.05, 3.63) is 41.0 Å². The number of ether oxygens (including phenoxy) is 1. The predicted molar refractivity (Wildman–Crippen MR) is 134 cm³/mol. The summed E-state index contributed by atoms with van der Waals surface area (Å²) in [6.07, 6.45) is 0.278. The summed E-state index contributed by atoms with van der Waals surface area (Å²) in [5.41, 5.74) is 10.8. The second-order valence-corrected chi connectivity index (χ2v) is 10.4. The van der Waals surface area contributed by atoms with Gasteiger partial charge in [0.1, 0.15) is 6.04 Å². The Labute approximate surface area is 206 Å². The normalized spacial score (nSPS) is 20.2. The van der Waals surface area contributed by atoms with E-state index in [2.05, 4.69) is 10.3 Å². The molecule has 2 aromatic rings. The van der Waals surface area contributed by atoms with E-state index in [1.807, 2.05) is 64.4 Å². The Balaban J connectivity index is 0.00000385. The Morgan fingerprint density at radius 1 is 1.27 bits per heavy atom. The summed E-state index contributed by atoms with van der Waals surface area (Å²) >= 11 is 1.61. The fourth-order valence-corrected chi connectivity index (χ4v) is 4.72. The summed E-state index contributed by atoms with van der Waals surface area (Å²) < 4.78 is 5.47. The fourth-order valence-electron chi connectivity index (χ4n) is 3.90. The molecule has 4 atom stereocenters. The lowest BCUT2D eigenvalue weighted by atomic mass is 9.86. The van der Waals surface area contributed by atoms with Gasteiger partial charge in [-0.1, -0.05) is 45.0 Å². The van der Waals surface area contributed by atoms with Crippen LogP contribution in [0.2, 0.25) is 0 Å². The number of thiazole rings is 1. The first-order valence-corrected chi connectivity index (χ1v) is 11.8. The van der Waals surface area contributed by atoms with E-state index in [0.29, 0.717) is 13.0 Å². The number of methoxy groups -OCH3 is 1. The van der Waals surface area contributed by atoms with Crippen molar-refractivity contribution in [1.82, 2.24) is 15.2 Å². The van der Waals surface area contributed by atoms with Gasteiger partial charge < -0.3 is 20.7 Å². The summed E-state index contributed by atoms with van der Waals surface area (Å²) in [7, 11) is 1.60. The number of hydrogen-bond acceptors (Lipinski definition) is 6. The Morgan fingerprint density at radius 3 is 2.42 bits per heavy atom. The number of amides is 2. The smallest absolute Gasteiger partial charge is 0.243 e. The van der Waals surface area contributed by atoms with Crippen LogP contribution in [0.5, 0.6) is 0 Å². The van der Waals surface area contributed by atoms with Gasteiger partial charge in [-0.05, 0) is 30.4 Å². The van der Waals surface area contributed by atoms with Crippen LogP contribution in [0.25, 0.3) is 10.4 Å². The van der Waals surface area contributed by atoms with E-state index in [-0.39, 0.29) is 36.4 Å². The Hall–Kier alpha value is -2.00. The van der Waals surface area contributed by atoms with Gasteiger partial charge in [-0.2, -0.15) is 0 Å². The van der Waals surface area contributed by atoms with Crippen molar-refractivity contribution in [2.45, 2.75) is 65.3 Å². The molecule has 3 N–H and O–H groups in total. The molecule has 33 heavy (non-hydrogen) atoms. The highest BCUT2D eigenvalue weighted by molar-refractivity contribution is 7.13. The summed E-state index contributed by atoms with van der Waals surface area (Å²) in [4.78, 5) is 33.3. The van der Waals surface area contributed by atoms with E-state index in [1.165, 1.54) is 0 Å². The van der Waals surface area contributed by atoms with Gasteiger partial charge in [-0.25, -0.2) is 4.98 Å². The standard InChI is InChI=1S/C24H34N4O3S.ClH/c1-14(16-7-9-17(10-8-16)20-15(2)26-13-32-20)27-22(29)19-11-18(31-6)12-28(19)23(30)21(25)24(3,4)5;/h7-10,13-14,18-19,21H,11-12,25H2,1-6H3,(H,27,29);1H/t14?,18-,19+,21?;/m1./s1. The van der Waals surface area contributed by atoms with Gasteiger partial charge in [0.05, 0.1) is 34.3 Å². The lowest BCUT2D eigenvalue weighted by molar-refractivity contribution is -0.141. The SMILES string of the molecule is CO[C@@H]1C[C@@H](C(=O)NC(C)c2ccc(-c3scnc3C)cc2)N(C(=O)C(N)C(C)(C)C)C1.Cl. The molecule has 0 saturated carbocycles. The van der Waals surface area contributed by atoms with Crippen LogP contribution in [0.4, 0.5) is 0 Å². The third-order valence-corrected chi connectivity index (χ3v) is 7.14. The van der Waals surface area contributed by atoms with Crippen molar-refractivity contribution in [1.29, 1.82) is 0 Å². The molecule has 3 rings (SSSR count). The lowest BCUT2D eigenvalue weighted by Crippen LogP contribution is -2.55. The number of nitrogens with two attached hydrogens (primary N) is 1. The van der Waals surface area contributed by atoms with E-state index in [4.69, 9.17) is 10.5 Å². The number of carbonyl (C=O) groups excluding carboxylic acids is 2. The highest BCUT2D eigenvalue weighted by Crippen LogP contribution is 2.29. The summed E-state index contributed by atoms with van der Waals surface area (Å²) in [6.45, 7) is 10.1. The predicted octanol–water partition coefficient (Wildman–Crippen LogP) is 3.71. The average molecular weight is 495 g/mol. The number of nitrogens with one attached hydrogen (secondary N) is 1. The molecule has 0 spiro atoms. The minimum atomic E-state index is -0.687. The van der Waals surface area contributed by atoms with E-state index in [0.717, 1.165) is 21.7 Å². The van der Waals surface area contributed by atoms with Crippen molar-refractivity contribution in [3.8, 4) is 10.4 Å². The van der Waals surface area contributed by atoms with Crippen molar-refractivity contribution in [2.24, 2.45) is 11.1 Å². The van der Waals surface area contributed by atoms with Gasteiger partial charge in [0.15, 0.2) is 0 Å².